The van der Waals surface area contributed by atoms with Crippen LogP contribution < -0.4 is 0 Å². The van der Waals surface area contributed by atoms with Gasteiger partial charge in [0.1, 0.15) is 5.76 Å². The fraction of sp³-hybridized carbons (Fsp3) is 0.333. The molecule has 2 rings (SSSR count). The van der Waals surface area contributed by atoms with Gasteiger partial charge in [0.25, 0.3) is 5.91 Å². The van der Waals surface area contributed by atoms with Crippen LogP contribution in [-0.4, -0.2) is 30.1 Å². The molecule has 4 nitrogen and oxygen atoms in total. The van der Waals surface area contributed by atoms with Crippen molar-refractivity contribution < 1.29 is 9.32 Å². The summed E-state index contributed by atoms with van der Waals surface area (Å²) in [5.74, 6) is 0.807. The Labute approximate surface area is 104 Å². The van der Waals surface area contributed by atoms with Gasteiger partial charge in [0.15, 0.2) is 0 Å². The second-order valence-electron chi connectivity index (χ2n) is 4.06. The molecular formula is C12H14N2O2S. The third-order valence-electron chi connectivity index (χ3n) is 2.50. The van der Waals surface area contributed by atoms with Crippen LogP contribution in [-0.2, 0) is 0 Å². The Bertz CT molecular complexity index is 535. The Morgan fingerprint density at radius 2 is 2.06 bits per heavy atom. The fourth-order valence-corrected chi connectivity index (χ4v) is 2.81. The third-order valence-corrected chi connectivity index (χ3v) is 3.59. The first kappa shape index (κ1) is 11.9. The monoisotopic (exact) mass is 250 g/mol. The first-order valence-electron chi connectivity index (χ1n) is 5.25. The highest BCUT2D eigenvalue weighted by molar-refractivity contribution is 7.17. The lowest BCUT2D eigenvalue weighted by Gasteiger charge is -2.07. The standard InChI is InChI=1S/C12H14N2O2S/c1-7-11(8(2)16-13-7)9-5-6-10(17-9)12(15)14(3)4/h5-6H,1-4H3. The minimum atomic E-state index is 0.0213. The van der Waals surface area contributed by atoms with Crippen molar-refractivity contribution in [3.8, 4) is 10.4 Å². The van der Waals surface area contributed by atoms with Gasteiger partial charge in [0.05, 0.1) is 16.1 Å². The summed E-state index contributed by atoms with van der Waals surface area (Å²) in [5.41, 5.74) is 1.85. The van der Waals surface area contributed by atoms with Crippen molar-refractivity contribution >= 4 is 17.2 Å². The summed E-state index contributed by atoms with van der Waals surface area (Å²) in [6.45, 7) is 3.78. The predicted molar refractivity (Wildman–Crippen MR) is 67.3 cm³/mol. The molecule has 0 saturated heterocycles. The lowest BCUT2D eigenvalue weighted by molar-refractivity contribution is 0.0832. The summed E-state index contributed by atoms with van der Waals surface area (Å²) in [6.07, 6.45) is 0. The van der Waals surface area contributed by atoms with E-state index in [1.165, 1.54) is 11.3 Å². The highest BCUT2D eigenvalue weighted by atomic mass is 32.1. The van der Waals surface area contributed by atoms with E-state index in [4.69, 9.17) is 4.52 Å². The Kier molecular flexibility index (Phi) is 3.02. The van der Waals surface area contributed by atoms with E-state index in [1.807, 2.05) is 26.0 Å². The lowest BCUT2D eigenvalue weighted by Crippen LogP contribution is -2.20. The number of carbonyl (C=O) groups excluding carboxylic acids is 1. The summed E-state index contributed by atoms with van der Waals surface area (Å²) in [5, 5.41) is 3.92. The Balaban J connectivity index is 2.40. The van der Waals surface area contributed by atoms with Gasteiger partial charge in [0, 0.05) is 19.0 Å². The molecule has 2 heterocycles. The molecule has 0 aromatic carbocycles. The smallest absolute Gasteiger partial charge is 0.263 e. The van der Waals surface area contributed by atoms with Crippen molar-refractivity contribution in [3.63, 3.8) is 0 Å². The van der Waals surface area contributed by atoms with Crippen molar-refractivity contribution in [2.24, 2.45) is 0 Å². The number of carbonyl (C=O) groups is 1. The third kappa shape index (κ3) is 2.10. The first-order chi connectivity index (χ1) is 8.00. The molecule has 0 aliphatic heterocycles. The zero-order valence-corrected chi connectivity index (χ0v) is 11.1. The molecule has 1 amide bonds. The molecule has 0 aliphatic carbocycles. The average Bonchev–Trinajstić information content (AvgIpc) is 2.85. The molecule has 0 spiro atoms. The molecule has 0 N–H and O–H groups in total. The Hall–Kier alpha value is -1.62. The minimum absolute atomic E-state index is 0.0213. The largest absolute Gasteiger partial charge is 0.361 e. The van der Waals surface area contributed by atoms with Gasteiger partial charge >= 0.3 is 0 Å². The van der Waals surface area contributed by atoms with Gasteiger partial charge in [-0.2, -0.15) is 0 Å². The van der Waals surface area contributed by atoms with Crippen LogP contribution in [0.1, 0.15) is 21.1 Å². The number of hydrogen-bond donors (Lipinski definition) is 0. The second-order valence-corrected chi connectivity index (χ2v) is 5.15. The fourth-order valence-electron chi connectivity index (χ4n) is 1.64. The van der Waals surface area contributed by atoms with Crippen molar-refractivity contribution in [2.45, 2.75) is 13.8 Å². The van der Waals surface area contributed by atoms with Crippen molar-refractivity contribution in [2.75, 3.05) is 14.1 Å². The molecule has 17 heavy (non-hydrogen) atoms. The summed E-state index contributed by atoms with van der Waals surface area (Å²) >= 11 is 1.46. The lowest BCUT2D eigenvalue weighted by atomic mass is 10.2. The maximum Gasteiger partial charge on any atom is 0.263 e. The average molecular weight is 250 g/mol. The van der Waals surface area contributed by atoms with E-state index >= 15 is 0 Å². The number of aromatic nitrogens is 1. The van der Waals surface area contributed by atoms with Crippen LogP contribution in [0.4, 0.5) is 0 Å². The van der Waals surface area contributed by atoms with Crippen LogP contribution in [0.2, 0.25) is 0 Å². The van der Waals surface area contributed by atoms with Gasteiger partial charge in [0.2, 0.25) is 0 Å². The van der Waals surface area contributed by atoms with Gasteiger partial charge in [-0.15, -0.1) is 11.3 Å². The molecule has 0 fully saturated rings. The molecule has 0 bridgehead atoms. The molecule has 5 heteroatoms. The topological polar surface area (TPSA) is 46.3 Å². The molecule has 90 valence electrons. The van der Waals surface area contributed by atoms with E-state index in [9.17, 15) is 4.79 Å². The minimum Gasteiger partial charge on any atom is -0.361 e. The summed E-state index contributed by atoms with van der Waals surface area (Å²) in [7, 11) is 3.50. The molecule has 2 aromatic rings. The highest BCUT2D eigenvalue weighted by Gasteiger charge is 2.16. The van der Waals surface area contributed by atoms with Crippen LogP contribution in [0.25, 0.3) is 10.4 Å². The van der Waals surface area contributed by atoms with Crippen LogP contribution in [0.15, 0.2) is 16.7 Å². The van der Waals surface area contributed by atoms with Gasteiger partial charge in [-0.3, -0.25) is 4.79 Å². The van der Waals surface area contributed by atoms with E-state index in [0.717, 1.165) is 26.8 Å². The first-order valence-corrected chi connectivity index (χ1v) is 6.07. The number of nitrogens with zero attached hydrogens (tertiary/aromatic N) is 2. The van der Waals surface area contributed by atoms with Crippen LogP contribution in [0, 0.1) is 13.8 Å². The number of thiophene rings is 1. The summed E-state index contributed by atoms with van der Waals surface area (Å²) in [4.78, 5) is 15.1. The van der Waals surface area contributed by atoms with Crippen LogP contribution >= 0.6 is 11.3 Å². The molecule has 2 aromatic heterocycles. The second kappa shape index (κ2) is 4.33. The highest BCUT2D eigenvalue weighted by Crippen LogP contribution is 2.33. The van der Waals surface area contributed by atoms with E-state index < -0.39 is 0 Å². The van der Waals surface area contributed by atoms with E-state index in [1.54, 1.807) is 19.0 Å². The molecule has 0 saturated carbocycles. The maximum absolute atomic E-state index is 11.8. The predicted octanol–water partition coefficient (Wildman–Crippen LogP) is 2.72. The molecule has 0 atom stereocenters. The molecule has 0 aliphatic rings. The van der Waals surface area contributed by atoms with Gasteiger partial charge in [-0.1, -0.05) is 5.16 Å². The van der Waals surface area contributed by atoms with Crippen LogP contribution in [0.5, 0.6) is 0 Å². The molecule has 0 radical (unpaired) electrons. The SMILES string of the molecule is Cc1noc(C)c1-c1ccc(C(=O)N(C)C)s1. The molecule has 0 unspecified atom stereocenters. The number of hydrogen-bond acceptors (Lipinski definition) is 4. The zero-order chi connectivity index (χ0) is 12.6. The Morgan fingerprint density at radius 3 is 2.59 bits per heavy atom. The van der Waals surface area contributed by atoms with Crippen molar-refractivity contribution in [1.82, 2.24) is 10.1 Å². The van der Waals surface area contributed by atoms with E-state index in [2.05, 4.69) is 5.16 Å². The van der Waals surface area contributed by atoms with Crippen molar-refractivity contribution in [1.29, 1.82) is 0 Å². The number of amides is 1. The van der Waals surface area contributed by atoms with Crippen molar-refractivity contribution in [3.05, 3.63) is 28.5 Å². The maximum atomic E-state index is 11.8. The summed E-state index contributed by atoms with van der Waals surface area (Å²) < 4.78 is 5.13. The van der Waals surface area contributed by atoms with Gasteiger partial charge in [-0.25, -0.2) is 0 Å². The normalized spacial score (nSPS) is 10.6. The van der Waals surface area contributed by atoms with E-state index in [-0.39, 0.29) is 5.91 Å². The van der Waals surface area contributed by atoms with Gasteiger partial charge in [-0.05, 0) is 26.0 Å². The zero-order valence-electron chi connectivity index (χ0n) is 10.3. The summed E-state index contributed by atoms with van der Waals surface area (Å²) in [6, 6.07) is 3.78. The number of rotatable bonds is 2. The van der Waals surface area contributed by atoms with E-state index in [0.29, 0.717) is 0 Å². The Morgan fingerprint density at radius 1 is 1.35 bits per heavy atom. The molecular weight excluding hydrogens is 236 g/mol. The van der Waals surface area contributed by atoms with Crippen LogP contribution in [0.3, 0.4) is 0 Å². The quantitative estimate of drug-likeness (QED) is 0.823. The number of aryl methyl sites for hydroxylation is 2. The van der Waals surface area contributed by atoms with Gasteiger partial charge < -0.3 is 9.42 Å².